The SMILES string of the molecule is C[C@H](NC(=O)c1cccc(I)c1)c1ccc(F)cc1. The quantitative estimate of drug-likeness (QED) is 0.817. The van der Waals surface area contributed by atoms with Gasteiger partial charge in [0.1, 0.15) is 5.82 Å². The molecule has 0 heterocycles. The molecule has 0 fully saturated rings. The third-order valence-corrected chi connectivity index (χ3v) is 3.48. The van der Waals surface area contributed by atoms with Crippen molar-refractivity contribution in [1.82, 2.24) is 5.32 Å². The number of carbonyl (C=O) groups excluding carboxylic acids is 1. The van der Waals surface area contributed by atoms with E-state index in [1.54, 1.807) is 18.2 Å². The second-order valence-electron chi connectivity index (χ2n) is 4.26. The molecule has 4 heteroatoms. The summed E-state index contributed by atoms with van der Waals surface area (Å²) in [5.41, 5.74) is 1.50. The first-order chi connectivity index (χ1) is 9.06. The third-order valence-electron chi connectivity index (χ3n) is 2.80. The highest BCUT2D eigenvalue weighted by Crippen LogP contribution is 2.14. The fourth-order valence-electron chi connectivity index (χ4n) is 1.74. The van der Waals surface area contributed by atoms with Crippen molar-refractivity contribution in [2.75, 3.05) is 0 Å². The Balaban J connectivity index is 2.08. The van der Waals surface area contributed by atoms with Gasteiger partial charge in [0.25, 0.3) is 5.91 Å². The van der Waals surface area contributed by atoms with Crippen LogP contribution in [0.2, 0.25) is 0 Å². The van der Waals surface area contributed by atoms with Crippen LogP contribution in [0, 0.1) is 9.39 Å². The van der Waals surface area contributed by atoms with Gasteiger partial charge in [-0.25, -0.2) is 4.39 Å². The normalized spacial score (nSPS) is 11.9. The largest absolute Gasteiger partial charge is 0.346 e. The highest BCUT2D eigenvalue weighted by Gasteiger charge is 2.11. The Hall–Kier alpha value is -1.43. The summed E-state index contributed by atoms with van der Waals surface area (Å²) in [7, 11) is 0. The summed E-state index contributed by atoms with van der Waals surface area (Å²) < 4.78 is 13.8. The highest BCUT2D eigenvalue weighted by molar-refractivity contribution is 14.1. The van der Waals surface area contributed by atoms with Gasteiger partial charge in [-0.2, -0.15) is 0 Å². The molecule has 0 aliphatic heterocycles. The minimum Gasteiger partial charge on any atom is -0.346 e. The van der Waals surface area contributed by atoms with E-state index in [1.807, 2.05) is 25.1 Å². The number of nitrogens with one attached hydrogen (secondary N) is 1. The molecule has 0 saturated heterocycles. The first kappa shape index (κ1) is 14.0. The molecule has 1 amide bonds. The fourth-order valence-corrected chi connectivity index (χ4v) is 2.29. The zero-order valence-corrected chi connectivity index (χ0v) is 12.5. The summed E-state index contributed by atoms with van der Waals surface area (Å²) in [6.07, 6.45) is 0. The van der Waals surface area contributed by atoms with Crippen LogP contribution in [0.1, 0.15) is 28.9 Å². The van der Waals surface area contributed by atoms with Crippen LogP contribution in [0.5, 0.6) is 0 Å². The van der Waals surface area contributed by atoms with Crippen LogP contribution in [0.15, 0.2) is 48.5 Å². The van der Waals surface area contributed by atoms with Crippen molar-refractivity contribution < 1.29 is 9.18 Å². The Labute approximate surface area is 125 Å². The maximum absolute atomic E-state index is 12.8. The lowest BCUT2D eigenvalue weighted by Crippen LogP contribution is -2.26. The maximum atomic E-state index is 12.8. The summed E-state index contributed by atoms with van der Waals surface area (Å²) in [5.74, 6) is -0.407. The van der Waals surface area contributed by atoms with Gasteiger partial charge in [0.05, 0.1) is 6.04 Å². The lowest BCUT2D eigenvalue weighted by molar-refractivity contribution is 0.0940. The number of hydrogen-bond acceptors (Lipinski definition) is 1. The maximum Gasteiger partial charge on any atom is 0.251 e. The number of hydrogen-bond donors (Lipinski definition) is 1. The zero-order valence-electron chi connectivity index (χ0n) is 10.4. The van der Waals surface area contributed by atoms with Crippen molar-refractivity contribution >= 4 is 28.5 Å². The van der Waals surface area contributed by atoms with Crippen molar-refractivity contribution in [2.24, 2.45) is 0 Å². The van der Waals surface area contributed by atoms with E-state index in [4.69, 9.17) is 0 Å². The molecule has 1 atom stereocenters. The summed E-state index contributed by atoms with van der Waals surface area (Å²) in [6, 6.07) is 13.4. The van der Waals surface area contributed by atoms with E-state index in [-0.39, 0.29) is 17.8 Å². The van der Waals surface area contributed by atoms with Crippen LogP contribution in [0.3, 0.4) is 0 Å². The third kappa shape index (κ3) is 3.76. The standard InChI is InChI=1S/C15H13FINO/c1-10(11-5-7-13(16)8-6-11)18-15(19)12-3-2-4-14(17)9-12/h2-10H,1H3,(H,18,19)/t10-/m0/s1. The second-order valence-corrected chi connectivity index (χ2v) is 5.50. The van der Waals surface area contributed by atoms with E-state index in [1.165, 1.54) is 12.1 Å². The first-order valence-electron chi connectivity index (χ1n) is 5.88. The summed E-state index contributed by atoms with van der Waals surface area (Å²) in [4.78, 5) is 12.1. The Morgan fingerprint density at radius 3 is 2.53 bits per heavy atom. The molecule has 0 aliphatic rings. The molecule has 0 aromatic heterocycles. The Morgan fingerprint density at radius 1 is 1.21 bits per heavy atom. The van der Waals surface area contributed by atoms with E-state index in [0.717, 1.165) is 9.13 Å². The van der Waals surface area contributed by atoms with Gasteiger partial charge < -0.3 is 5.32 Å². The molecule has 0 unspecified atom stereocenters. The highest BCUT2D eigenvalue weighted by atomic mass is 127. The molecule has 19 heavy (non-hydrogen) atoms. The average Bonchev–Trinajstić information content (AvgIpc) is 2.39. The second kappa shape index (κ2) is 6.14. The molecule has 2 nitrogen and oxygen atoms in total. The topological polar surface area (TPSA) is 29.1 Å². The van der Waals surface area contributed by atoms with Gasteiger partial charge in [0, 0.05) is 9.13 Å². The van der Waals surface area contributed by atoms with Gasteiger partial charge in [0.2, 0.25) is 0 Å². The van der Waals surface area contributed by atoms with Gasteiger partial charge in [0.15, 0.2) is 0 Å². The zero-order chi connectivity index (χ0) is 13.8. The van der Waals surface area contributed by atoms with Crippen LogP contribution in [0.25, 0.3) is 0 Å². The molecule has 1 N–H and O–H groups in total. The van der Waals surface area contributed by atoms with Crippen molar-refractivity contribution in [3.05, 3.63) is 69.0 Å². The minimum absolute atomic E-state index is 0.129. The predicted molar refractivity (Wildman–Crippen MR) is 81.4 cm³/mol. The molecule has 2 aromatic rings. The molecule has 2 aromatic carbocycles. The average molecular weight is 369 g/mol. The molecular formula is C15H13FINO. The van der Waals surface area contributed by atoms with E-state index < -0.39 is 0 Å². The van der Waals surface area contributed by atoms with Crippen LogP contribution >= 0.6 is 22.6 Å². The monoisotopic (exact) mass is 369 g/mol. The van der Waals surface area contributed by atoms with Gasteiger partial charge in [-0.05, 0) is 65.4 Å². The molecular weight excluding hydrogens is 356 g/mol. The van der Waals surface area contributed by atoms with E-state index in [9.17, 15) is 9.18 Å². The van der Waals surface area contributed by atoms with Crippen molar-refractivity contribution in [1.29, 1.82) is 0 Å². The lowest BCUT2D eigenvalue weighted by Gasteiger charge is -2.14. The minimum atomic E-state index is -0.278. The molecule has 0 saturated carbocycles. The van der Waals surface area contributed by atoms with Gasteiger partial charge in [-0.3, -0.25) is 4.79 Å². The molecule has 0 bridgehead atoms. The number of rotatable bonds is 3. The van der Waals surface area contributed by atoms with Gasteiger partial charge in [-0.15, -0.1) is 0 Å². The molecule has 0 radical (unpaired) electrons. The molecule has 0 spiro atoms. The lowest BCUT2D eigenvalue weighted by atomic mass is 10.1. The van der Waals surface area contributed by atoms with Crippen LogP contribution < -0.4 is 5.32 Å². The Morgan fingerprint density at radius 2 is 1.89 bits per heavy atom. The Kier molecular flexibility index (Phi) is 4.52. The molecule has 98 valence electrons. The van der Waals surface area contributed by atoms with Crippen molar-refractivity contribution in [3.8, 4) is 0 Å². The van der Waals surface area contributed by atoms with E-state index >= 15 is 0 Å². The summed E-state index contributed by atoms with van der Waals surface area (Å²) in [6.45, 7) is 1.87. The van der Waals surface area contributed by atoms with Crippen LogP contribution in [0.4, 0.5) is 4.39 Å². The van der Waals surface area contributed by atoms with Crippen LogP contribution in [-0.2, 0) is 0 Å². The van der Waals surface area contributed by atoms with Crippen molar-refractivity contribution in [3.63, 3.8) is 0 Å². The van der Waals surface area contributed by atoms with E-state index in [0.29, 0.717) is 5.56 Å². The number of halogens is 2. The molecule has 2 rings (SSSR count). The van der Waals surface area contributed by atoms with Crippen LogP contribution in [-0.4, -0.2) is 5.91 Å². The smallest absolute Gasteiger partial charge is 0.251 e. The first-order valence-corrected chi connectivity index (χ1v) is 6.96. The summed E-state index contributed by atoms with van der Waals surface area (Å²) >= 11 is 2.17. The Bertz CT molecular complexity index is 583. The number of amides is 1. The van der Waals surface area contributed by atoms with E-state index in [2.05, 4.69) is 27.9 Å². The van der Waals surface area contributed by atoms with Gasteiger partial charge >= 0.3 is 0 Å². The van der Waals surface area contributed by atoms with Crippen molar-refractivity contribution in [2.45, 2.75) is 13.0 Å². The number of benzene rings is 2. The molecule has 0 aliphatic carbocycles. The summed E-state index contributed by atoms with van der Waals surface area (Å²) in [5, 5.41) is 2.89. The van der Waals surface area contributed by atoms with Gasteiger partial charge in [-0.1, -0.05) is 18.2 Å². The predicted octanol–water partition coefficient (Wildman–Crippen LogP) is 3.92. The fraction of sp³-hybridized carbons (Fsp3) is 0.133. The number of carbonyl (C=O) groups is 1.